The zero-order chi connectivity index (χ0) is 18.4. The van der Waals surface area contributed by atoms with Gasteiger partial charge >= 0.3 is 5.97 Å². The molecule has 0 saturated carbocycles. The van der Waals surface area contributed by atoms with Gasteiger partial charge in [0.1, 0.15) is 0 Å². The summed E-state index contributed by atoms with van der Waals surface area (Å²) in [6, 6.07) is 3.20. The molecule has 1 aromatic carbocycles. The van der Waals surface area contributed by atoms with Gasteiger partial charge in [-0.25, -0.2) is 0 Å². The highest BCUT2D eigenvalue weighted by Crippen LogP contribution is 2.39. The van der Waals surface area contributed by atoms with Gasteiger partial charge in [-0.15, -0.1) is 0 Å². The van der Waals surface area contributed by atoms with Crippen molar-refractivity contribution in [1.82, 2.24) is 4.90 Å². The molecule has 1 unspecified atom stereocenters. The van der Waals surface area contributed by atoms with Gasteiger partial charge in [-0.1, -0.05) is 0 Å². The van der Waals surface area contributed by atoms with Crippen molar-refractivity contribution in [2.24, 2.45) is 0 Å². The number of amides is 1. The van der Waals surface area contributed by atoms with Gasteiger partial charge < -0.3 is 24.2 Å². The number of carbonyl (C=O) groups excluding carboxylic acids is 1. The number of ether oxygens (including phenoxy) is 3. The van der Waals surface area contributed by atoms with Gasteiger partial charge in [0.05, 0.1) is 21.3 Å². The maximum Gasteiger partial charge on any atom is 0.303 e. The molecule has 138 valence electrons. The normalized spacial score (nSPS) is 17.1. The molecule has 1 saturated heterocycles. The molecule has 1 aromatic rings. The summed E-state index contributed by atoms with van der Waals surface area (Å²) in [5.74, 6) is 0.288. The fourth-order valence-electron chi connectivity index (χ4n) is 3.23. The first-order valence-corrected chi connectivity index (χ1v) is 8.34. The highest BCUT2D eigenvalue weighted by atomic mass is 16.5. The molecule has 0 bridgehead atoms. The minimum absolute atomic E-state index is 0.0589. The third-order valence-corrected chi connectivity index (χ3v) is 4.49. The van der Waals surface area contributed by atoms with Gasteiger partial charge in [0.2, 0.25) is 5.75 Å². The Morgan fingerprint density at radius 1 is 1.12 bits per heavy atom. The predicted molar refractivity (Wildman–Crippen MR) is 91.6 cm³/mol. The third kappa shape index (κ3) is 4.35. The number of likely N-dealkylation sites (tertiary alicyclic amines) is 1. The predicted octanol–water partition coefficient (Wildman–Crippen LogP) is 2.57. The van der Waals surface area contributed by atoms with Gasteiger partial charge in [-0.3, -0.25) is 9.59 Å². The van der Waals surface area contributed by atoms with Crippen LogP contribution in [0.3, 0.4) is 0 Å². The number of aliphatic carboxylic acids is 1. The Labute approximate surface area is 147 Å². The smallest absolute Gasteiger partial charge is 0.303 e. The topological polar surface area (TPSA) is 85.3 Å². The number of hydrogen-bond acceptors (Lipinski definition) is 5. The number of rotatable bonds is 7. The Kier molecular flexibility index (Phi) is 6.50. The molecular formula is C18H25NO6. The van der Waals surface area contributed by atoms with Crippen LogP contribution in [0.15, 0.2) is 12.1 Å². The van der Waals surface area contributed by atoms with Crippen molar-refractivity contribution in [3.63, 3.8) is 0 Å². The maximum atomic E-state index is 13.0. The lowest BCUT2D eigenvalue weighted by molar-refractivity contribution is -0.137. The van der Waals surface area contributed by atoms with E-state index in [-0.39, 0.29) is 18.4 Å². The van der Waals surface area contributed by atoms with Gasteiger partial charge in [0.15, 0.2) is 11.5 Å². The summed E-state index contributed by atoms with van der Waals surface area (Å²) in [7, 11) is 4.51. The van der Waals surface area contributed by atoms with E-state index in [1.54, 1.807) is 17.0 Å². The van der Waals surface area contributed by atoms with Crippen molar-refractivity contribution >= 4 is 11.9 Å². The third-order valence-electron chi connectivity index (χ3n) is 4.49. The molecule has 1 heterocycles. The number of carboxylic acids is 1. The zero-order valence-electron chi connectivity index (χ0n) is 14.9. The summed E-state index contributed by atoms with van der Waals surface area (Å²) in [5, 5.41) is 8.93. The Balaban J connectivity index is 2.29. The SMILES string of the molecule is COc1cc(C(=O)N2CCCCC2CCC(=O)O)cc(OC)c1OC. The lowest BCUT2D eigenvalue weighted by atomic mass is 9.96. The van der Waals surface area contributed by atoms with Crippen molar-refractivity contribution in [1.29, 1.82) is 0 Å². The Bertz CT molecular complexity index is 605. The van der Waals surface area contributed by atoms with Crippen LogP contribution in [0.4, 0.5) is 0 Å². The molecule has 7 nitrogen and oxygen atoms in total. The van der Waals surface area contributed by atoms with Crippen LogP contribution >= 0.6 is 0 Å². The highest BCUT2D eigenvalue weighted by Gasteiger charge is 2.29. The number of nitrogens with zero attached hydrogens (tertiary/aromatic N) is 1. The van der Waals surface area contributed by atoms with Gasteiger partial charge in [0.25, 0.3) is 5.91 Å². The maximum absolute atomic E-state index is 13.0. The van der Waals surface area contributed by atoms with Crippen LogP contribution in [0, 0.1) is 0 Å². The molecule has 0 aromatic heterocycles. The molecule has 25 heavy (non-hydrogen) atoms. The van der Waals surface area contributed by atoms with Crippen molar-refractivity contribution in [3.8, 4) is 17.2 Å². The van der Waals surface area contributed by atoms with Crippen LogP contribution in [-0.4, -0.2) is 55.8 Å². The standard InChI is InChI=1S/C18H25NO6/c1-23-14-10-12(11-15(24-2)17(14)25-3)18(22)19-9-5-4-6-13(19)7-8-16(20)21/h10-11,13H,4-9H2,1-3H3,(H,20,21). The summed E-state index contributed by atoms with van der Waals surface area (Å²) in [6.07, 6.45) is 3.27. The second-order valence-electron chi connectivity index (χ2n) is 5.99. The first kappa shape index (κ1) is 18.9. The van der Waals surface area contributed by atoms with E-state index in [0.717, 1.165) is 19.3 Å². The summed E-state index contributed by atoms with van der Waals surface area (Å²) in [5.41, 5.74) is 0.441. The zero-order valence-corrected chi connectivity index (χ0v) is 14.9. The van der Waals surface area contributed by atoms with Crippen molar-refractivity contribution in [2.75, 3.05) is 27.9 Å². The van der Waals surface area contributed by atoms with E-state index in [1.165, 1.54) is 21.3 Å². The average molecular weight is 351 g/mol. The lowest BCUT2D eigenvalue weighted by Crippen LogP contribution is -2.44. The van der Waals surface area contributed by atoms with Crippen molar-refractivity contribution in [3.05, 3.63) is 17.7 Å². The molecule has 1 amide bonds. The first-order valence-electron chi connectivity index (χ1n) is 8.34. The largest absolute Gasteiger partial charge is 0.493 e. The van der Waals surface area contributed by atoms with Gasteiger partial charge in [-0.2, -0.15) is 0 Å². The quantitative estimate of drug-likeness (QED) is 0.813. The molecule has 1 fully saturated rings. The fourth-order valence-corrected chi connectivity index (χ4v) is 3.23. The van der Waals surface area contributed by atoms with Gasteiger partial charge in [-0.05, 0) is 37.8 Å². The van der Waals surface area contributed by atoms with E-state index in [0.29, 0.717) is 35.8 Å². The summed E-state index contributed by atoms with van der Waals surface area (Å²) >= 11 is 0. The molecule has 1 aliphatic rings. The van der Waals surface area contributed by atoms with Crippen LogP contribution in [0.2, 0.25) is 0 Å². The van der Waals surface area contributed by atoms with Crippen molar-refractivity contribution in [2.45, 2.75) is 38.1 Å². The summed E-state index contributed by atoms with van der Waals surface area (Å²) in [4.78, 5) is 25.7. The van der Waals surface area contributed by atoms with E-state index in [4.69, 9.17) is 19.3 Å². The Morgan fingerprint density at radius 2 is 1.76 bits per heavy atom. The van der Waals surface area contributed by atoms with Crippen LogP contribution in [-0.2, 0) is 4.79 Å². The number of carboxylic acid groups (broad SMARTS) is 1. The number of benzene rings is 1. The summed E-state index contributed by atoms with van der Waals surface area (Å²) < 4.78 is 15.9. The lowest BCUT2D eigenvalue weighted by Gasteiger charge is -2.36. The molecule has 0 radical (unpaired) electrons. The molecule has 1 atom stereocenters. The molecule has 1 aliphatic heterocycles. The average Bonchev–Trinajstić information content (AvgIpc) is 2.64. The van der Waals surface area contributed by atoms with Crippen LogP contribution in [0.5, 0.6) is 17.2 Å². The molecular weight excluding hydrogens is 326 g/mol. The fraction of sp³-hybridized carbons (Fsp3) is 0.556. The van der Waals surface area contributed by atoms with Crippen LogP contribution in [0.1, 0.15) is 42.5 Å². The van der Waals surface area contributed by atoms with E-state index in [2.05, 4.69) is 0 Å². The van der Waals surface area contributed by atoms with Crippen LogP contribution in [0.25, 0.3) is 0 Å². The highest BCUT2D eigenvalue weighted by molar-refractivity contribution is 5.96. The molecule has 7 heteroatoms. The first-order chi connectivity index (χ1) is 12.0. The minimum Gasteiger partial charge on any atom is -0.493 e. The Hall–Kier alpha value is -2.44. The monoisotopic (exact) mass is 351 g/mol. The number of hydrogen-bond donors (Lipinski definition) is 1. The van der Waals surface area contributed by atoms with E-state index >= 15 is 0 Å². The van der Waals surface area contributed by atoms with E-state index < -0.39 is 5.97 Å². The second kappa shape index (κ2) is 8.60. The van der Waals surface area contributed by atoms with Crippen LogP contribution < -0.4 is 14.2 Å². The van der Waals surface area contributed by atoms with E-state index in [9.17, 15) is 9.59 Å². The van der Waals surface area contributed by atoms with Crippen molar-refractivity contribution < 1.29 is 28.9 Å². The second-order valence-corrected chi connectivity index (χ2v) is 5.99. The molecule has 0 spiro atoms. The number of methoxy groups -OCH3 is 3. The Morgan fingerprint density at radius 3 is 2.28 bits per heavy atom. The molecule has 2 rings (SSSR count). The molecule has 1 N–H and O–H groups in total. The summed E-state index contributed by atoms with van der Waals surface area (Å²) in [6.45, 7) is 0.625. The molecule has 0 aliphatic carbocycles. The number of carbonyl (C=O) groups is 2. The minimum atomic E-state index is -0.842. The number of piperidine rings is 1. The van der Waals surface area contributed by atoms with E-state index in [1.807, 2.05) is 0 Å². The van der Waals surface area contributed by atoms with Gasteiger partial charge in [0, 0.05) is 24.6 Å².